The van der Waals surface area contributed by atoms with Gasteiger partial charge in [0, 0.05) is 20.6 Å². The fourth-order valence-electron chi connectivity index (χ4n) is 1.39. The van der Waals surface area contributed by atoms with Gasteiger partial charge in [0.1, 0.15) is 5.75 Å². The maximum absolute atomic E-state index is 5.38. The molecule has 0 heterocycles. The molecule has 88 valence electrons. The molecule has 3 nitrogen and oxygen atoms in total. The van der Waals surface area contributed by atoms with Crippen LogP contribution in [0.15, 0.2) is 24.3 Å². The Morgan fingerprint density at radius 2 is 2.00 bits per heavy atom. The van der Waals surface area contributed by atoms with Gasteiger partial charge in [0.25, 0.3) is 0 Å². The van der Waals surface area contributed by atoms with Crippen molar-refractivity contribution in [2.45, 2.75) is 13.5 Å². The second kappa shape index (κ2) is 6.33. The van der Waals surface area contributed by atoms with Crippen LogP contribution in [0.3, 0.4) is 0 Å². The first-order valence-electron chi connectivity index (χ1n) is 5.32. The predicted octanol–water partition coefficient (Wildman–Crippen LogP) is 2.02. The van der Waals surface area contributed by atoms with Crippen molar-refractivity contribution in [2.24, 2.45) is 0 Å². The zero-order valence-corrected chi connectivity index (χ0v) is 10.8. The number of rotatable bonds is 4. The molecule has 0 radical (unpaired) electrons. The van der Waals surface area contributed by atoms with Gasteiger partial charge in [-0.1, -0.05) is 12.1 Å². The van der Waals surface area contributed by atoms with Gasteiger partial charge in [-0.25, -0.2) is 0 Å². The van der Waals surface area contributed by atoms with Crippen molar-refractivity contribution in [3.8, 4) is 5.75 Å². The van der Waals surface area contributed by atoms with Crippen molar-refractivity contribution in [2.75, 3.05) is 20.7 Å². The summed E-state index contributed by atoms with van der Waals surface area (Å²) in [6.45, 7) is 3.47. The fraction of sp³-hybridized carbons (Fsp3) is 0.417. The number of nitrogens with zero attached hydrogens (tertiary/aromatic N) is 1. The molecule has 0 fully saturated rings. The third-order valence-corrected chi connectivity index (χ3v) is 2.73. The van der Waals surface area contributed by atoms with E-state index in [1.54, 1.807) is 0 Å². The molecule has 0 saturated carbocycles. The van der Waals surface area contributed by atoms with Crippen molar-refractivity contribution in [3.63, 3.8) is 0 Å². The predicted molar refractivity (Wildman–Crippen MR) is 70.7 cm³/mol. The molecule has 0 bridgehead atoms. The average molecular weight is 238 g/mol. The average Bonchev–Trinajstić information content (AvgIpc) is 2.31. The molecule has 0 aromatic heterocycles. The Balaban J connectivity index is 2.58. The van der Waals surface area contributed by atoms with Gasteiger partial charge < -0.3 is 15.0 Å². The van der Waals surface area contributed by atoms with Gasteiger partial charge in [0.2, 0.25) is 0 Å². The lowest BCUT2D eigenvalue weighted by Gasteiger charge is -2.19. The molecule has 0 amide bonds. The molecule has 1 rings (SSSR count). The lowest BCUT2D eigenvalue weighted by Crippen LogP contribution is -2.33. The van der Waals surface area contributed by atoms with Crippen LogP contribution in [-0.2, 0) is 6.54 Å². The molecule has 1 aromatic rings. The van der Waals surface area contributed by atoms with E-state index in [1.807, 2.05) is 38.1 Å². The van der Waals surface area contributed by atoms with Gasteiger partial charge >= 0.3 is 0 Å². The molecular formula is C12H18N2OS. The molecular weight excluding hydrogens is 220 g/mol. The number of benzene rings is 1. The highest BCUT2D eigenvalue weighted by Crippen LogP contribution is 2.13. The highest BCUT2D eigenvalue weighted by atomic mass is 32.1. The second-order valence-corrected chi connectivity index (χ2v) is 3.87. The van der Waals surface area contributed by atoms with Crippen LogP contribution in [0, 0.1) is 0 Å². The molecule has 1 aromatic carbocycles. The monoisotopic (exact) mass is 238 g/mol. The van der Waals surface area contributed by atoms with E-state index in [9.17, 15) is 0 Å². The van der Waals surface area contributed by atoms with Crippen molar-refractivity contribution >= 4 is 17.3 Å². The molecule has 0 aliphatic rings. The zero-order valence-electron chi connectivity index (χ0n) is 9.99. The van der Waals surface area contributed by atoms with Crippen LogP contribution < -0.4 is 10.1 Å². The molecule has 0 unspecified atom stereocenters. The minimum Gasteiger partial charge on any atom is -0.494 e. The van der Waals surface area contributed by atoms with Gasteiger partial charge in [0.05, 0.1) is 6.61 Å². The van der Waals surface area contributed by atoms with Crippen molar-refractivity contribution in [3.05, 3.63) is 29.8 Å². The number of hydrogen-bond donors (Lipinski definition) is 1. The Bertz CT molecular complexity index is 337. The van der Waals surface area contributed by atoms with E-state index in [0.29, 0.717) is 6.61 Å². The summed E-state index contributed by atoms with van der Waals surface area (Å²) in [5, 5.41) is 3.69. The van der Waals surface area contributed by atoms with E-state index in [0.717, 1.165) is 17.4 Å². The number of ether oxygens (including phenoxy) is 1. The normalized spacial score (nSPS) is 9.69. The minimum atomic E-state index is 0.698. The molecule has 0 saturated heterocycles. The third-order valence-electron chi connectivity index (χ3n) is 2.21. The maximum atomic E-state index is 5.38. The first-order valence-corrected chi connectivity index (χ1v) is 5.72. The van der Waals surface area contributed by atoms with E-state index >= 15 is 0 Å². The SMILES string of the molecule is CCOc1ccc(CN(C)C(=S)NC)cc1. The number of thiocarbonyl (C=S) groups is 1. The second-order valence-electron chi connectivity index (χ2n) is 3.49. The zero-order chi connectivity index (χ0) is 12.0. The van der Waals surface area contributed by atoms with Crippen LogP contribution >= 0.6 is 12.2 Å². The summed E-state index contributed by atoms with van der Waals surface area (Å²) in [6.07, 6.45) is 0. The summed E-state index contributed by atoms with van der Waals surface area (Å²) < 4.78 is 5.38. The Morgan fingerprint density at radius 1 is 1.38 bits per heavy atom. The Labute approximate surface area is 102 Å². The smallest absolute Gasteiger partial charge is 0.168 e. The lowest BCUT2D eigenvalue weighted by molar-refractivity contribution is 0.340. The Hall–Kier alpha value is -1.29. The van der Waals surface area contributed by atoms with Crippen LogP contribution in [0.2, 0.25) is 0 Å². The van der Waals surface area contributed by atoms with Crippen LogP contribution in [0.4, 0.5) is 0 Å². The quantitative estimate of drug-likeness (QED) is 0.811. The summed E-state index contributed by atoms with van der Waals surface area (Å²) in [5.41, 5.74) is 1.21. The molecule has 0 spiro atoms. The molecule has 16 heavy (non-hydrogen) atoms. The van der Waals surface area contributed by atoms with Crippen molar-refractivity contribution in [1.29, 1.82) is 0 Å². The van der Waals surface area contributed by atoms with Crippen LogP contribution in [0.25, 0.3) is 0 Å². The van der Waals surface area contributed by atoms with Gasteiger partial charge in [-0.2, -0.15) is 0 Å². The first kappa shape index (κ1) is 12.8. The maximum Gasteiger partial charge on any atom is 0.168 e. The van der Waals surface area contributed by atoms with E-state index in [2.05, 4.69) is 17.4 Å². The minimum absolute atomic E-state index is 0.698. The van der Waals surface area contributed by atoms with E-state index in [1.165, 1.54) is 5.56 Å². The highest BCUT2D eigenvalue weighted by molar-refractivity contribution is 7.80. The van der Waals surface area contributed by atoms with Crippen LogP contribution in [0.5, 0.6) is 5.75 Å². The summed E-state index contributed by atoms with van der Waals surface area (Å²) >= 11 is 5.13. The molecule has 0 aliphatic carbocycles. The van der Waals surface area contributed by atoms with Gasteiger partial charge in [-0.05, 0) is 36.8 Å². The van der Waals surface area contributed by atoms with Gasteiger partial charge in [-0.3, -0.25) is 0 Å². The van der Waals surface area contributed by atoms with E-state index < -0.39 is 0 Å². The number of nitrogens with one attached hydrogen (secondary N) is 1. The largest absolute Gasteiger partial charge is 0.494 e. The van der Waals surface area contributed by atoms with Crippen LogP contribution in [-0.4, -0.2) is 30.7 Å². The van der Waals surface area contributed by atoms with E-state index in [4.69, 9.17) is 17.0 Å². The molecule has 1 N–H and O–H groups in total. The Kier molecular flexibility index (Phi) is 5.05. The topological polar surface area (TPSA) is 24.5 Å². The molecule has 0 aliphatic heterocycles. The lowest BCUT2D eigenvalue weighted by atomic mass is 10.2. The fourth-order valence-corrected chi connectivity index (χ4v) is 1.46. The molecule has 0 atom stereocenters. The molecule has 4 heteroatoms. The first-order chi connectivity index (χ1) is 7.67. The summed E-state index contributed by atoms with van der Waals surface area (Å²) in [4.78, 5) is 1.99. The van der Waals surface area contributed by atoms with Gasteiger partial charge in [0.15, 0.2) is 5.11 Å². The summed E-state index contributed by atoms with van der Waals surface area (Å²) in [7, 11) is 3.80. The number of hydrogen-bond acceptors (Lipinski definition) is 2. The summed E-state index contributed by atoms with van der Waals surface area (Å²) in [6, 6.07) is 8.07. The van der Waals surface area contributed by atoms with Gasteiger partial charge in [-0.15, -0.1) is 0 Å². The summed E-state index contributed by atoms with van der Waals surface area (Å²) in [5.74, 6) is 0.907. The van der Waals surface area contributed by atoms with E-state index in [-0.39, 0.29) is 0 Å². The highest BCUT2D eigenvalue weighted by Gasteiger charge is 2.02. The van der Waals surface area contributed by atoms with Crippen LogP contribution in [0.1, 0.15) is 12.5 Å². The third kappa shape index (κ3) is 3.70. The van der Waals surface area contributed by atoms with Crippen molar-refractivity contribution < 1.29 is 4.74 Å². The standard InChI is InChI=1S/C12H18N2OS/c1-4-15-11-7-5-10(6-8-11)9-14(3)12(16)13-2/h5-8H,4,9H2,1-3H3,(H,13,16). The van der Waals surface area contributed by atoms with Crippen molar-refractivity contribution in [1.82, 2.24) is 10.2 Å². The Morgan fingerprint density at radius 3 is 2.50 bits per heavy atom.